The SMILES string of the molecule is CC(C)(O)c1ccc2nc(NC(=O)CC(C)(C)C3CC3)n(C34CC(C3)C4)c2c1. The summed E-state index contributed by atoms with van der Waals surface area (Å²) in [5, 5.41) is 13.6. The van der Waals surface area contributed by atoms with E-state index in [2.05, 4.69) is 23.7 Å². The van der Waals surface area contributed by atoms with E-state index in [1.807, 2.05) is 18.2 Å². The smallest absolute Gasteiger partial charge is 0.227 e. The first-order valence-corrected chi connectivity index (χ1v) is 10.6. The molecular weight excluding hydrogens is 350 g/mol. The third kappa shape index (κ3) is 2.78. The van der Waals surface area contributed by atoms with Crippen molar-refractivity contribution in [3.63, 3.8) is 0 Å². The Morgan fingerprint density at radius 1 is 1.25 bits per heavy atom. The number of imidazole rings is 1. The van der Waals surface area contributed by atoms with Crippen molar-refractivity contribution in [3.8, 4) is 0 Å². The van der Waals surface area contributed by atoms with Gasteiger partial charge >= 0.3 is 0 Å². The van der Waals surface area contributed by atoms with Gasteiger partial charge < -0.3 is 9.67 Å². The highest BCUT2D eigenvalue weighted by atomic mass is 16.3. The lowest BCUT2D eigenvalue weighted by atomic mass is 9.49. The van der Waals surface area contributed by atoms with Crippen molar-refractivity contribution in [2.75, 3.05) is 5.32 Å². The monoisotopic (exact) mass is 381 g/mol. The van der Waals surface area contributed by atoms with E-state index in [-0.39, 0.29) is 16.9 Å². The van der Waals surface area contributed by atoms with Crippen LogP contribution in [-0.2, 0) is 15.9 Å². The quantitative estimate of drug-likeness (QED) is 0.772. The van der Waals surface area contributed by atoms with Gasteiger partial charge in [0.25, 0.3) is 0 Å². The van der Waals surface area contributed by atoms with E-state index < -0.39 is 5.60 Å². The first-order chi connectivity index (χ1) is 13.1. The topological polar surface area (TPSA) is 67.2 Å². The maximum absolute atomic E-state index is 12.9. The lowest BCUT2D eigenvalue weighted by Gasteiger charge is -2.62. The second kappa shape index (κ2) is 5.59. The molecule has 0 saturated heterocycles. The fraction of sp³-hybridized carbons (Fsp3) is 0.652. The summed E-state index contributed by atoms with van der Waals surface area (Å²) in [4.78, 5) is 17.6. The fourth-order valence-electron chi connectivity index (χ4n) is 5.32. The zero-order valence-electron chi connectivity index (χ0n) is 17.4. The number of rotatable bonds is 6. The van der Waals surface area contributed by atoms with Crippen molar-refractivity contribution in [2.24, 2.45) is 17.3 Å². The van der Waals surface area contributed by atoms with E-state index in [0.29, 0.717) is 18.3 Å². The molecular formula is C23H31N3O2. The van der Waals surface area contributed by atoms with Gasteiger partial charge in [-0.05, 0) is 80.9 Å². The molecule has 0 spiro atoms. The molecule has 2 bridgehead atoms. The average molecular weight is 382 g/mol. The molecule has 5 nitrogen and oxygen atoms in total. The van der Waals surface area contributed by atoms with Gasteiger partial charge in [-0.3, -0.25) is 10.1 Å². The van der Waals surface area contributed by atoms with E-state index in [0.717, 1.165) is 22.5 Å². The highest BCUT2D eigenvalue weighted by molar-refractivity contribution is 5.92. The van der Waals surface area contributed by atoms with Crippen LogP contribution in [0.3, 0.4) is 0 Å². The van der Waals surface area contributed by atoms with Crippen LogP contribution in [0.25, 0.3) is 11.0 Å². The summed E-state index contributed by atoms with van der Waals surface area (Å²) in [6, 6.07) is 5.95. The number of carbonyl (C=O) groups excluding carboxylic acids is 1. The molecule has 28 heavy (non-hydrogen) atoms. The maximum atomic E-state index is 12.9. The summed E-state index contributed by atoms with van der Waals surface area (Å²) in [6.07, 6.45) is 6.52. The summed E-state index contributed by atoms with van der Waals surface area (Å²) >= 11 is 0. The minimum absolute atomic E-state index is 0.0470. The molecule has 0 aliphatic heterocycles. The van der Waals surface area contributed by atoms with Crippen molar-refractivity contribution in [1.82, 2.24) is 9.55 Å². The number of fused-ring (bicyclic) bond motifs is 1. The minimum Gasteiger partial charge on any atom is -0.386 e. The van der Waals surface area contributed by atoms with Crippen LogP contribution in [-0.4, -0.2) is 20.6 Å². The van der Waals surface area contributed by atoms with Gasteiger partial charge in [-0.2, -0.15) is 0 Å². The maximum Gasteiger partial charge on any atom is 0.227 e. The number of amides is 1. The molecule has 4 fully saturated rings. The average Bonchev–Trinajstić information content (AvgIpc) is 3.29. The number of aliphatic hydroxyl groups is 1. The van der Waals surface area contributed by atoms with Gasteiger partial charge in [0.1, 0.15) is 0 Å². The molecule has 0 unspecified atom stereocenters. The van der Waals surface area contributed by atoms with Crippen LogP contribution < -0.4 is 5.32 Å². The number of carbonyl (C=O) groups is 1. The normalized spacial score (nSPS) is 26.7. The molecule has 1 aromatic carbocycles. The first kappa shape index (κ1) is 18.2. The Labute approximate surface area is 166 Å². The molecule has 5 heteroatoms. The van der Waals surface area contributed by atoms with Crippen molar-refractivity contribution in [3.05, 3.63) is 23.8 Å². The molecule has 6 rings (SSSR count). The fourth-order valence-corrected chi connectivity index (χ4v) is 5.32. The molecule has 0 atom stereocenters. The highest BCUT2D eigenvalue weighted by Crippen LogP contribution is 2.63. The Morgan fingerprint density at radius 2 is 1.93 bits per heavy atom. The Morgan fingerprint density at radius 3 is 2.46 bits per heavy atom. The molecule has 4 aliphatic rings. The second-order valence-corrected chi connectivity index (χ2v) is 10.7. The number of anilines is 1. The standard InChI is InChI=1S/C23H31N3O2/c1-21(2,15-5-6-15)13-19(27)25-20-24-17-8-7-16(22(3,4)28)9-18(17)26(20)23-10-14(11-23)12-23/h7-9,14-15,28H,5-6,10-13H2,1-4H3,(H,24,25,27). The summed E-state index contributed by atoms with van der Waals surface area (Å²) in [5.74, 6) is 2.23. The van der Waals surface area contributed by atoms with E-state index in [1.165, 1.54) is 32.1 Å². The van der Waals surface area contributed by atoms with Crippen LogP contribution in [0.4, 0.5) is 5.95 Å². The molecule has 2 N–H and O–H groups in total. The summed E-state index contributed by atoms with van der Waals surface area (Å²) < 4.78 is 2.26. The lowest BCUT2D eigenvalue weighted by molar-refractivity contribution is -0.118. The van der Waals surface area contributed by atoms with Crippen molar-refractivity contribution >= 4 is 22.9 Å². The van der Waals surface area contributed by atoms with Gasteiger partial charge in [0.05, 0.1) is 16.6 Å². The van der Waals surface area contributed by atoms with Crippen molar-refractivity contribution in [2.45, 2.75) is 77.4 Å². The van der Waals surface area contributed by atoms with Crippen LogP contribution in [0.1, 0.15) is 71.8 Å². The number of hydrogen-bond acceptors (Lipinski definition) is 3. The van der Waals surface area contributed by atoms with Crippen LogP contribution in [0.15, 0.2) is 18.2 Å². The third-order valence-corrected chi connectivity index (χ3v) is 7.39. The van der Waals surface area contributed by atoms with Gasteiger partial charge in [0, 0.05) is 12.0 Å². The predicted molar refractivity (Wildman–Crippen MR) is 110 cm³/mol. The van der Waals surface area contributed by atoms with Crippen LogP contribution in [0.2, 0.25) is 0 Å². The van der Waals surface area contributed by atoms with E-state index in [4.69, 9.17) is 4.98 Å². The van der Waals surface area contributed by atoms with Gasteiger partial charge in [0.15, 0.2) is 0 Å². The molecule has 150 valence electrons. The number of benzene rings is 1. The predicted octanol–water partition coefficient (Wildman–Crippen LogP) is 4.54. The summed E-state index contributed by atoms with van der Waals surface area (Å²) in [6.45, 7) is 8.00. The lowest BCUT2D eigenvalue weighted by Crippen LogP contribution is -2.59. The molecule has 2 aromatic rings. The van der Waals surface area contributed by atoms with E-state index in [1.54, 1.807) is 13.8 Å². The largest absolute Gasteiger partial charge is 0.386 e. The second-order valence-electron chi connectivity index (χ2n) is 10.7. The van der Waals surface area contributed by atoms with Gasteiger partial charge in [-0.25, -0.2) is 4.98 Å². The zero-order valence-corrected chi connectivity index (χ0v) is 17.4. The van der Waals surface area contributed by atoms with E-state index in [9.17, 15) is 9.90 Å². The van der Waals surface area contributed by atoms with E-state index >= 15 is 0 Å². The van der Waals surface area contributed by atoms with Gasteiger partial charge in [0.2, 0.25) is 11.9 Å². The molecule has 1 amide bonds. The van der Waals surface area contributed by atoms with Crippen LogP contribution >= 0.6 is 0 Å². The van der Waals surface area contributed by atoms with Crippen molar-refractivity contribution < 1.29 is 9.90 Å². The summed E-state index contributed by atoms with van der Waals surface area (Å²) in [5.41, 5.74) is 2.03. The molecule has 4 saturated carbocycles. The third-order valence-electron chi connectivity index (χ3n) is 7.39. The Balaban J connectivity index is 1.51. The molecule has 0 radical (unpaired) electrons. The minimum atomic E-state index is -0.902. The molecule has 4 aliphatic carbocycles. The van der Waals surface area contributed by atoms with Crippen LogP contribution in [0, 0.1) is 17.3 Å². The highest BCUT2D eigenvalue weighted by Gasteiger charge is 2.59. The Kier molecular flexibility index (Phi) is 3.63. The molecule has 1 heterocycles. The first-order valence-electron chi connectivity index (χ1n) is 10.6. The number of nitrogens with zero attached hydrogens (tertiary/aromatic N) is 2. The number of nitrogens with one attached hydrogen (secondary N) is 1. The number of aromatic nitrogens is 2. The van der Waals surface area contributed by atoms with Crippen molar-refractivity contribution in [1.29, 1.82) is 0 Å². The molecule has 1 aromatic heterocycles. The zero-order chi connectivity index (χ0) is 19.9. The van der Waals surface area contributed by atoms with Gasteiger partial charge in [-0.1, -0.05) is 19.9 Å². The summed E-state index contributed by atoms with van der Waals surface area (Å²) in [7, 11) is 0. The Bertz CT molecular complexity index is 945. The van der Waals surface area contributed by atoms with Gasteiger partial charge in [-0.15, -0.1) is 0 Å². The Hall–Kier alpha value is -1.88. The van der Waals surface area contributed by atoms with Crippen LogP contribution in [0.5, 0.6) is 0 Å². The number of hydrogen-bond donors (Lipinski definition) is 2.